The first kappa shape index (κ1) is 24.9. The predicted octanol–water partition coefficient (Wildman–Crippen LogP) is 1.11. The molecule has 148 valence electrons. The summed E-state index contributed by atoms with van der Waals surface area (Å²) < 4.78 is 20.8. The molecule has 0 spiro atoms. The average molecular weight is 401 g/mol. The highest BCUT2D eigenvalue weighted by molar-refractivity contribution is 6.36. The molecule has 10 heteroatoms. The second kappa shape index (κ2) is 13.1. The monoisotopic (exact) mass is 400 g/mol. The molecular formula is C16H32N4O4Si2. The summed E-state index contributed by atoms with van der Waals surface area (Å²) in [6, 6.07) is 6.12. The van der Waals surface area contributed by atoms with E-state index in [2.05, 4.69) is 22.4 Å². The van der Waals surface area contributed by atoms with E-state index in [-0.39, 0.29) is 11.8 Å². The van der Waals surface area contributed by atoms with Gasteiger partial charge in [0.1, 0.15) is 11.8 Å². The van der Waals surface area contributed by atoms with Crippen molar-refractivity contribution in [2.45, 2.75) is 61.7 Å². The molecule has 0 aromatic rings. The van der Waals surface area contributed by atoms with Gasteiger partial charge in [-0.05, 0) is 26.7 Å². The van der Waals surface area contributed by atoms with Crippen LogP contribution >= 0.6 is 0 Å². The molecule has 0 rings (SSSR count). The molecule has 0 N–H and O–H groups in total. The number of ether oxygens (including phenoxy) is 4. The smallest absolute Gasteiger partial charge is 0.164 e. The molecule has 0 bridgehead atoms. The van der Waals surface area contributed by atoms with Crippen LogP contribution in [0, 0.1) is 22.7 Å². The summed E-state index contributed by atoms with van der Waals surface area (Å²) in [6.07, 6.45) is 1.16. The standard InChI is InChI=1S/C16H32N4O4Si2/c1-15(11-17,7-9-25-13(21-3)22-4)19-20-16(2,12-18)8-10-26-14(23-5)24-6/h13-14H,7-10,25-26H2,1-6H3. The third-order valence-corrected chi connectivity index (χ3v) is 8.03. The van der Waals surface area contributed by atoms with Gasteiger partial charge >= 0.3 is 0 Å². The van der Waals surface area contributed by atoms with E-state index < -0.39 is 30.1 Å². The Hall–Kier alpha value is -1.15. The first-order chi connectivity index (χ1) is 12.3. The maximum absolute atomic E-state index is 9.49. The Morgan fingerprint density at radius 1 is 0.769 bits per heavy atom. The van der Waals surface area contributed by atoms with E-state index in [0.29, 0.717) is 12.8 Å². The van der Waals surface area contributed by atoms with Gasteiger partial charge in [-0.25, -0.2) is 0 Å². The van der Waals surface area contributed by atoms with E-state index in [1.165, 1.54) is 0 Å². The minimum Gasteiger partial charge on any atom is -0.360 e. The van der Waals surface area contributed by atoms with Gasteiger partial charge in [-0.3, -0.25) is 0 Å². The van der Waals surface area contributed by atoms with Crippen LogP contribution in [0.2, 0.25) is 12.1 Å². The van der Waals surface area contributed by atoms with E-state index in [4.69, 9.17) is 18.9 Å². The van der Waals surface area contributed by atoms with Crippen LogP contribution in [-0.4, -0.2) is 70.4 Å². The van der Waals surface area contributed by atoms with Gasteiger partial charge in [-0.2, -0.15) is 20.8 Å². The van der Waals surface area contributed by atoms with Crippen molar-refractivity contribution >= 4 is 19.0 Å². The molecule has 0 fully saturated rings. The van der Waals surface area contributed by atoms with Crippen LogP contribution in [0.3, 0.4) is 0 Å². The lowest BCUT2D eigenvalue weighted by Gasteiger charge is -2.21. The topological polar surface area (TPSA) is 109 Å². The number of hydrogen-bond donors (Lipinski definition) is 0. The molecule has 26 heavy (non-hydrogen) atoms. The lowest BCUT2D eigenvalue weighted by Crippen LogP contribution is -2.28. The summed E-state index contributed by atoms with van der Waals surface area (Å²) in [4.78, 5) is 0. The quantitative estimate of drug-likeness (QED) is 0.245. The SMILES string of the molecule is COC(OC)[SiH2]CCC(C)(C#N)N=NC(C)(C#N)CC[SiH2]C(OC)OC. The van der Waals surface area contributed by atoms with Gasteiger partial charge in [0.2, 0.25) is 0 Å². The van der Waals surface area contributed by atoms with Crippen LogP contribution in [-0.2, 0) is 18.9 Å². The molecule has 0 saturated carbocycles. The molecule has 0 aromatic carbocycles. The predicted molar refractivity (Wildman–Crippen MR) is 104 cm³/mol. The molecule has 0 aromatic heterocycles. The van der Waals surface area contributed by atoms with Crippen LogP contribution in [0.15, 0.2) is 10.2 Å². The van der Waals surface area contributed by atoms with Crippen molar-refractivity contribution < 1.29 is 18.9 Å². The lowest BCUT2D eigenvalue weighted by molar-refractivity contribution is -0.0443. The number of methoxy groups -OCH3 is 4. The van der Waals surface area contributed by atoms with E-state index in [9.17, 15) is 10.5 Å². The first-order valence-corrected chi connectivity index (χ1v) is 12.3. The Kier molecular flexibility index (Phi) is 12.5. The Morgan fingerprint density at radius 3 is 1.31 bits per heavy atom. The number of hydrogen-bond acceptors (Lipinski definition) is 8. The zero-order valence-corrected chi connectivity index (χ0v) is 19.6. The maximum Gasteiger partial charge on any atom is 0.164 e. The van der Waals surface area contributed by atoms with E-state index in [1.54, 1.807) is 42.3 Å². The van der Waals surface area contributed by atoms with Crippen LogP contribution < -0.4 is 0 Å². The van der Waals surface area contributed by atoms with Crippen molar-refractivity contribution in [2.24, 2.45) is 10.2 Å². The summed E-state index contributed by atoms with van der Waals surface area (Å²) in [5, 5.41) is 27.5. The molecule has 2 unspecified atom stereocenters. The van der Waals surface area contributed by atoms with Gasteiger partial charge in [0.25, 0.3) is 0 Å². The normalized spacial score (nSPS) is 17.3. The highest BCUT2D eigenvalue weighted by Crippen LogP contribution is 2.24. The zero-order chi connectivity index (χ0) is 20.1. The zero-order valence-electron chi connectivity index (χ0n) is 16.8. The fourth-order valence-electron chi connectivity index (χ4n) is 2.37. The summed E-state index contributed by atoms with van der Waals surface area (Å²) in [6.45, 7) is 3.50. The fraction of sp³-hybridized carbons (Fsp3) is 0.875. The van der Waals surface area contributed by atoms with E-state index >= 15 is 0 Å². The third-order valence-electron chi connectivity index (χ3n) is 4.23. The number of nitriles is 2. The molecule has 8 nitrogen and oxygen atoms in total. The van der Waals surface area contributed by atoms with Crippen molar-refractivity contribution in [3.63, 3.8) is 0 Å². The van der Waals surface area contributed by atoms with E-state index in [1.807, 2.05) is 0 Å². The Morgan fingerprint density at radius 2 is 1.08 bits per heavy atom. The van der Waals surface area contributed by atoms with Crippen molar-refractivity contribution in [3.8, 4) is 12.1 Å². The van der Waals surface area contributed by atoms with Crippen LogP contribution in [0.4, 0.5) is 0 Å². The van der Waals surface area contributed by atoms with Crippen molar-refractivity contribution in [3.05, 3.63) is 0 Å². The number of azo groups is 1. The van der Waals surface area contributed by atoms with Gasteiger partial charge in [-0.15, -0.1) is 0 Å². The van der Waals surface area contributed by atoms with Gasteiger partial charge < -0.3 is 18.9 Å². The lowest BCUT2D eigenvalue weighted by atomic mass is 10.0. The van der Waals surface area contributed by atoms with Gasteiger partial charge in [0.15, 0.2) is 11.1 Å². The number of rotatable bonds is 14. The van der Waals surface area contributed by atoms with Crippen molar-refractivity contribution in [2.75, 3.05) is 28.4 Å². The minimum absolute atomic E-state index is 0.154. The summed E-state index contributed by atoms with van der Waals surface area (Å²) >= 11 is 0. The minimum atomic E-state index is -0.934. The molecule has 0 amide bonds. The average Bonchev–Trinajstić information content (AvgIpc) is 2.67. The fourth-order valence-corrected chi connectivity index (χ4v) is 5.76. The Balaban J connectivity index is 4.74. The van der Waals surface area contributed by atoms with Crippen LogP contribution in [0.1, 0.15) is 26.7 Å². The molecule has 0 heterocycles. The van der Waals surface area contributed by atoms with Crippen LogP contribution in [0.5, 0.6) is 0 Å². The molecule has 0 aliphatic rings. The molecule has 0 aliphatic carbocycles. The largest absolute Gasteiger partial charge is 0.360 e. The molecule has 2 atom stereocenters. The van der Waals surface area contributed by atoms with Crippen molar-refractivity contribution in [1.29, 1.82) is 10.5 Å². The highest BCUT2D eigenvalue weighted by Gasteiger charge is 2.28. The Labute approximate surface area is 161 Å². The van der Waals surface area contributed by atoms with Gasteiger partial charge in [-0.1, -0.05) is 12.1 Å². The molecule has 0 saturated heterocycles. The second-order valence-electron chi connectivity index (χ2n) is 6.56. The molecule has 0 radical (unpaired) electrons. The summed E-state index contributed by atoms with van der Waals surface area (Å²) in [5.41, 5.74) is -1.87. The van der Waals surface area contributed by atoms with E-state index in [0.717, 1.165) is 12.1 Å². The first-order valence-electron chi connectivity index (χ1n) is 8.69. The maximum atomic E-state index is 9.49. The Bertz CT molecular complexity index is 459. The number of nitrogens with zero attached hydrogens (tertiary/aromatic N) is 4. The van der Waals surface area contributed by atoms with Crippen molar-refractivity contribution in [1.82, 2.24) is 0 Å². The van der Waals surface area contributed by atoms with Gasteiger partial charge in [0.05, 0.1) is 31.2 Å². The van der Waals surface area contributed by atoms with Gasteiger partial charge in [0, 0.05) is 28.4 Å². The molecule has 0 aliphatic heterocycles. The third kappa shape index (κ3) is 9.52. The molecular weight excluding hydrogens is 368 g/mol. The van der Waals surface area contributed by atoms with Crippen LogP contribution in [0.25, 0.3) is 0 Å². The highest BCUT2D eigenvalue weighted by atomic mass is 28.2. The second-order valence-corrected chi connectivity index (χ2v) is 10.5. The summed E-state index contributed by atoms with van der Waals surface area (Å²) in [5.74, 6) is -0.308. The summed E-state index contributed by atoms with van der Waals surface area (Å²) in [7, 11) is 5.19.